The van der Waals surface area contributed by atoms with Gasteiger partial charge in [-0.05, 0) is 28.5 Å². The molecule has 1 aliphatic heterocycles. The average Bonchev–Trinajstić information content (AvgIpc) is 3.03. The Bertz CT molecular complexity index is 989. The fourth-order valence-electron chi connectivity index (χ4n) is 3.07. The third kappa shape index (κ3) is 2.85. The van der Waals surface area contributed by atoms with Crippen molar-refractivity contribution in [1.29, 1.82) is 0 Å². The first-order chi connectivity index (χ1) is 12.1. The Morgan fingerprint density at radius 3 is 2.60 bits per heavy atom. The number of fused-ring (bicyclic) bond motifs is 1. The zero-order valence-electron chi connectivity index (χ0n) is 13.2. The van der Waals surface area contributed by atoms with E-state index >= 15 is 0 Å². The topological polar surface area (TPSA) is 63.4 Å². The van der Waals surface area contributed by atoms with Crippen LogP contribution in [0.3, 0.4) is 0 Å². The Morgan fingerprint density at radius 1 is 1.00 bits per heavy atom. The molecule has 0 N–H and O–H groups in total. The van der Waals surface area contributed by atoms with Crippen LogP contribution >= 0.6 is 11.8 Å². The van der Waals surface area contributed by atoms with Crippen LogP contribution in [-0.2, 0) is 4.79 Å². The first-order valence-electron chi connectivity index (χ1n) is 7.80. The van der Waals surface area contributed by atoms with Crippen LogP contribution in [0.5, 0.6) is 0 Å². The van der Waals surface area contributed by atoms with E-state index in [1.807, 2.05) is 48.5 Å². The fourth-order valence-corrected chi connectivity index (χ4v) is 4.24. The second-order valence-corrected chi connectivity index (χ2v) is 6.88. The Hall–Kier alpha value is -2.86. The van der Waals surface area contributed by atoms with Crippen molar-refractivity contribution in [2.75, 3.05) is 10.7 Å². The highest BCUT2D eigenvalue weighted by molar-refractivity contribution is 8.00. The van der Waals surface area contributed by atoms with Crippen LogP contribution in [0.2, 0.25) is 0 Å². The van der Waals surface area contributed by atoms with Gasteiger partial charge in [-0.2, -0.15) is 0 Å². The Kier molecular flexibility index (Phi) is 3.89. The number of nitrogens with zero attached hydrogens (tertiary/aromatic N) is 2. The predicted octanol–water partition coefficient (Wildman–Crippen LogP) is 4.53. The number of nitro groups is 1. The van der Waals surface area contributed by atoms with Gasteiger partial charge in [0.25, 0.3) is 5.69 Å². The molecule has 5 nitrogen and oxygen atoms in total. The smallest absolute Gasteiger partial charge is 0.269 e. The number of carbonyl (C=O) groups excluding carboxylic acids is 1. The quantitative estimate of drug-likeness (QED) is 0.514. The number of anilines is 1. The standard InChI is InChI=1S/C19H14N2O3S/c22-18-12-25-19(15-6-3-7-17(11-15)21(23)24)20(18)16-9-8-13-4-1-2-5-14(13)10-16/h1-11,19H,12H2. The number of nitro benzene ring substituents is 1. The Morgan fingerprint density at radius 2 is 1.80 bits per heavy atom. The number of carbonyl (C=O) groups is 1. The monoisotopic (exact) mass is 350 g/mol. The molecule has 1 amide bonds. The van der Waals surface area contributed by atoms with Crippen molar-refractivity contribution < 1.29 is 9.72 Å². The van der Waals surface area contributed by atoms with Gasteiger partial charge in [-0.25, -0.2) is 0 Å². The van der Waals surface area contributed by atoms with Crippen molar-refractivity contribution in [2.45, 2.75) is 5.37 Å². The summed E-state index contributed by atoms with van der Waals surface area (Å²) in [5, 5.41) is 13.0. The van der Waals surface area contributed by atoms with Crippen molar-refractivity contribution in [3.63, 3.8) is 0 Å². The van der Waals surface area contributed by atoms with Crippen molar-refractivity contribution in [3.05, 3.63) is 82.4 Å². The summed E-state index contributed by atoms with van der Waals surface area (Å²) in [5.74, 6) is 0.372. The first-order valence-corrected chi connectivity index (χ1v) is 8.85. The molecule has 0 spiro atoms. The van der Waals surface area contributed by atoms with Crippen LogP contribution in [0.4, 0.5) is 11.4 Å². The van der Waals surface area contributed by atoms with Gasteiger partial charge in [-0.1, -0.05) is 42.5 Å². The van der Waals surface area contributed by atoms with Gasteiger partial charge in [0.1, 0.15) is 5.37 Å². The van der Waals surface area contributed by atoms with Crippen LogP contribution in [0.1, 0.15) is 10.9 Å². The van der Waals surface area contributed by atoms with Crippen molar-refractivity contribution in [1.82, 2.24) is 0 Å². The van der Waals surface area contributed by atoms with E-state index in [4.69, 9.17) is 0 Å². The van der Waals surface area contributed by atoms with Crippen molar-refractivity contribution in [3.8, 4) is 0 Å². The number of amides is 1. The zero-order valence-corrected chi connectivity index (χ0v) is 14.0. The highest BCUT2D eigenvalue weighted by Crippen LogP contribution is 2.42. The van der Waals surface area contributed by atoms with E-state index in [9.17, 15) is 14.9 Å². The molecule has 0 aromatic heterocycles. The number of hydrogen-bond donors (Lipinski definition) is 0. The molecule has 1 aliphatic rings. The summed E-state index contributed by atoms with van der Waals surface area (Å²) in [6, 6.07) is 20.4. The lowest BCUT2D eigenvalue weighted by Crippen LogP contribution is -2.27. The zero-order chi connectivity index (χ0) is 17.4. The maximum Gasteiger partial charge on any atom is 0.269 e. The van der Waals surface area contributed by atoms with E-state index in [2.05, 4.69) is 0 Å². The second-order valence-electron chi connectivity index (χ2n) is 5.81. The van der Waals surface area contributed by atoms with Gasteiger partial charge in [-0.15, -0.1) is 11.8 Å². The third-order valence-corrected chi connectivity index (χ3v) is 5.46. The minimum atomic E-state index is -0.411. The molecule has 25 heavy (non-hydrogen) atoms. The highest BCUT2D eigenvalue weighted by atomic mass is 32.2. The lowest BCUT2D eigenvalue weighted by Gasteiger charge is -2.24. The molecule has 4 rings (SSSR count). The van der Waals surface area contributed by atoms with Gasteiger partial charge < -0.3 is 0 Å². The molecule has 1 fully saturated rings. The van der Waals surface area contributed by atoms with E-state index in [1.165, 1.54) is 17.8 Å². The van der Waals surface area contributed by atoms with Crippen LogP contribution in [0.25, 0.3) is 10.8 Å². The lowest BCUT2D eigenvalue weighted by atomic mass is 10.1. The molecule has 3 aromatic carbocycles. The molecule has 0 radical (unpaired) electrons. The van der Waals surface area contributed by atoms with Gasteiger partial charge in [0.05, 0.1) is 10.7 Å². The van der Waals surface area contributed by atoms with E-state index in [0.29, 0.717) is 5.75 Å². The van der Waals surface area contributed by atoms with Crippen LogP contribution < -0.4 is 4.90 Å². The predicted molar refractivity (Wildman–Crippen MR) is 99.7 cm³/mol. The molecule has 124 valence electrons. The second kappa shape index (κ2) is 6.22. The Balaban J connectivity index is 1.76. The number of hydrogen-bond acceptors (Lipinski definition) is 4. The fraction of sp³-hybridized carbons (Fsp3) is 0.105. The van der Waals surface area contributed by atoms with Crippen molar-refractivity contribution >= 4 is 39.8 Å². The molecule has 1 saturated heterocycles. The molecule has 1 unspecified atom stereocenters. The Labute approximate surface area is 148 Å². The van der Waals surface area contributed by atoms with Crippen LogP contribution in [0.15, 0.2) is 66.7 Å². The summed E-state index contributed by atoms with van der Waals surface area (Å²) in [4.78, 5) is 24.9. The molecule has 1 atom stereocenters. The van der Waals surface area contributed by atoms with Crippen LogP contribution in [-0.4, -0.2) is 16.6 Å². The normalized spacial score (nSPS) is 17.2. The van der Waals surface area contributed by atoms with Gasteiger partial charge in [0, 0.05) is 17.8 Å². The van der Waals surface area contributed by atoms with Gasteiger partial charge in [0.2, 0.25) is 5.91 Å². The lowest BCUT2D eigenvalue weighted by molar-refractivity contribution is -0.384. The molecule has 3 aromatic rings. The molecule has 6 heteroatoms. The van der Waals surface area contributed by atoms with E-state index < -0.39 is 4.92 Å². The maximum absolute atomic E-state index is 12.5. The summed E-state index contributed by atoms with van der Waals surface area (Å²) < 4.78 is 0. The van der Waals surface area contributed by atoms with Crippen LogP contribution in [0, 0.1) is 10.1 Å². The summed E-state index contributed by atoms with van der Waals surface area (Å²) in [7, 11) is 0. The minimum Gasteiger partial charge on any atom is -0.295 e. The minimum absolute atomic E-state index is 0.0109. The average molecular weight is 350 g/mol. The molecule has 0 saturated carbocycles. The summed E-state index contributed by atoms with van der Waals surface area (Å²) in [6.07, 6.45) is 0. The summed E-state index contributed by atoms with van der Waals surface area (Å²) in [5.41, 5.74) is 1.61. The molecule has 0 bridgehead atoms. The highest BCUT2D eigenvalue weighted by Gasteiger charge is 2.34. The van der Waals surface area contributed by atoms with E-state index in [-0.39, 0.29) is 17.0 Å². The summed E-state index contributed by atoms with van der Waals surface area (Å²) in [6.45, 7) is 0. The number of non-ortho nitro benzene ring substituents is 1. The SMILES string of the molecule is O=C1CSC(c2cccc([N+](=O)[O-])c2)N1c1ccc2ccccc2c1. The first kappa shape index (κ1) is 15.7. The molecular formula is C19H14N2O3S. The number of rotatable bonds is 3. The number of thioether (sulfide) groups is 1. The molecule has 1 heterocycles. The van der Waals surface area contributed by atoms with Gasteiger partial charge in [-0.3, -0.25) is 19.8 Å². The number of benzene rings is 3. The molecular weight excluding hydrogens is 336 g/mol. The van der Waals surface area contributed by atoms with Gasteiger partial charge in [0.15, 0.2) is 0 Å². The van der Waals surface area contributed by atoms with E-state index in [1.54, 1.807) is 17.0 Å². The maximum atomic E-state index is 12.5. The largest absolute Gasteiger partial charge is 0.295 e. The van der Waals surface area contributed by atoms with Crippen molar-refractivity contribution in [2.24, 2.45) is 0 Å². The third-order valence-electron chi connectivity index (χ3n) is 4.25. The van der Waals surface area contributed by atoms with Gasteiger partial charge >= 0.3 is 0 Å². The van der Waals surface area contributed by atoms with E-state index in [0.717, 1.165) is 22.0 Å². The summed E-state index contributed by atoms with van der Waals surface area (Å²) >= 11 is 1.49. The molecule has 0 aliphatic carbocycles.